The second-order valence-corrected chi connectivity index (χ2v) is 7.37. The maximum Gasteiger partial charge on any atom is 0.189 e. The van der Waals surface area contributed by atoms with Crippen molar-refractivity contribution in [2.45, 2.75) is 25.0 Å². The first-order chi connectivity index (χ1) is 13.7. The molecule has 28 heavy (non-hydrogen) atoms. The summed E-state index contributed by atoms with van der Waals surface area (Å²) in [6, 6.07) is 19.8. The van der Waals surface area contributed by atoms with Gasteiger partial charge in [0.25, 0.3) is 0 Å². The quantitative estimate of drug-likeness (QED) is 0.749. The number of fused-ring (bicyclic) bond motifs is 1. The number of nitriles is 2. The summed E-state index contributed by atoms with van der Waals surface area (Å²) in [5.74, 6) is 2.04. The van der Waals surface area contributed by atoms with Crippen LogP contribution in [0.25, 0.3) is 0 Å². The van der Waals surface area contributed by atoms with Gasteiger partial charge in [-0.25, -0.2) is 0 Å². The SMILES string of the molecule is COC1(OC)[C](c2ccc(C#N)cc2)C2CCCC2[C]1c1ccc(C#N)cc1. The first kappa shape index (κ1) is 18.7. The van der Waals surface area contributed by atoms with Crippen LogP contribution in [0, 0.1) is 46.3 Å². The van der Waals surface area contributed by atoms with Crippen molar-refractivity contribution in [1.29, 1.82) is 10.5 Å². The van der Waals surface area contributed by atoms with Gasteiger partial charge < -0.3 is 9.47 Å². The zero-order valence-corrected chi connectivity index (χ0v) is 16.1. The molecule has 0 amide bonds. The molecule has 140 valence electrons. The third kappa shape index (κ3) is 2.73. The van der Waals surface area contributed by atoms with Crippen molar-refractivity contribution in [3.63, 3.8) is 0 Å². The molecular formula is C24H22N2O2. The zero-order valence-electron chi connectivity index (χ0n) is 16.1. The molecule has 2 aromatic carbocycles. The molecule has 2 atom stereocenters. The summed E-state index contributed by atoms with van der Waals surface area (Å²) in [6.45, 7) is 0. The van der Waals surface area contributed by atoms with Gasteiger partial charge in [0.05, 0.1) is 35.1 Å². The van der Waals surface area contributed by atoms with Crippen LogP contribution in [0.1, 0.15) is 41.5 Å². The predicted molar refractivity (Wildman–Crippen MR) is 105 cm³/mol. The van der Waals surface area contributed by atoms with Gasteiger partial charge in [-0.3, -0.25) is 0 Å². The molecule has 2 aliphatic carbocycles. The summed E-state index contributed by atoms with van der Waals surface area (Å²) < 4.78 is 12.2. The lowest BCUT2D eigenvalue weighted by Gasteiger charge is -2.39. The van der Waals surface area contributed by atoms with Gasteiger partial charge >= 0.3 is 0 Å². The molecule has 2 aliphatic rings. The van der Waals surface area contributed by atoms with E-state index in [1.54, 1.807) is 14.2 Å². The van der Waals surface area contributed by atoms with Gasteiger partial charge in [-0.15, -0.1) is 0 Å². The lowest BCUT2D eigenvalue weighted by atomic mass is 9.82. The molecule has 0 spiro atoms. The Kier molecular flexibility index (Phi) is 4.94. The van der Waals surface area contributed by atoms with Crippen LogP contribution in [0.2, 0.25) is 0 Å². The maximum absolute atomic E-state index is 9.14. The maximum atomic E-state index is 9.14. The van der Waals surface area contributed by atoms with Gasteiger partial charge in [-0.05, 0) is 60.1 Å². The highest BCUT2D eigenvalue weighted by Crippen LogP contribution is 2.63. The van der Waals surface area contributed by atoms with E-state index in [-0.39, 0.29) is 0 Å². The molecule has 4 rings (SSSR count). The summed E-state index contributed by atoms with van der Waals surface area (Å²) in [7, 11) is 3.38. The van der Waals surface area contributed by atoms with Crippen molar-refractivity contribution in [2.24, 2.45) is 11.8 Å². The van der Waals surface area contributed by atoms with Crippen LogP contribution in [-0.2, 0) is 9.47 Å². The molecule has 0 N–H and O–H groups in total. The Balaban J connectivity index is 1.83. The van der Waals surface area contributed by atoms with Crippen molar-refractivity contribution < 1.29 is 9.47 Å². The van der Waals surface area contributed by atoms with Crippen LogP contribution >= 0.6 is 0 Å². The van der Waals surface area contributed by atoms with E-state index in [0.29, 0.717) is 23.0 Å². The molecule has 4 heteroatoms. The fourth-order valence-electron chi connectivity index (χ4n) is 5.06. The Morgan fingerprint density at radius 3 is 1.46 bits per heavy atom. The number of rotatable bonds is 4. The van der Waals surface area contributed by atoms with Crippen LogP contribution in [0.3, 0.4) is 0 Å². The number of ether oxygens (including phenoxy) is 2. The van der Waals surface area contributed by atoms with Crippen molar-refractivity contribution >= 4 is 0 Å². The monoisotopic (exact) mass is 370 g/mol. The Hall–Kier alpha value is -2.66. The van der Waals surface area contributed by atoms with Gasteiger partial charge in [-0.1, -0.05) is 30.7 Å². The molecule has 0 aromatic heterocycles. The van der Waals surface area contributed by atoms with E-state index < -0.39 is 5.79 Å². The van der Waals surface area contributed by atoms with Gasteiger partial charge in [-0.2, -0.15) is 10.5 Å². The second kappa shape index (κ2) is 7.40. The van der Waals surface area contributed by atoms with Gasteiger partial charge in [0.2, 0.25) is 0 Å². The molecule has 2 radical (unpaired) electrons. The third-order valence-corrected chi connectivity index (χ3v) is 6.19. The minimum Gasteiger partial charge on any atom is -0.351 e. The van der Waals surface area contributed by atoms with Gasteiger partial charge in [0.15, 0.2) is 5.79 Å². The zero-order chi connectivity index (χ0) is 19.7. The lowest BCUT2D eigenvalue weighted by molar-refractivity contribution is -0.171. The minimum absolute atomic E-state index is 0.346. The molecule has 0 bridgehead atoms. The van der Waals surface area contributed by atoms with E-state index >= 15 is 0 Å². The molecule has 2 unspecified atom stereocenters. The minimum atomic E-state index is -0.932. The highest BCUT2D eigenvalue weighted by atomic mass is 16.7. The molecule has 2 aromatic rings. The van der Waals surface area contributed by atoms with E-state index in [0.717, 1.165) is 35.8 Å². The molecule has 4 nitrogen and oxygen atoms in total. The number of hydrogen-bond donors (Lipinski definition) is 0. The first-order valence-corrected chi connectivity index (χ1v) is 9.54. The number of nitrogens with zero attached hydrogens (tertiary/aromatic N) is 2. The standard InChI is InChI=1S/C24H22N2O2/c1-27-24(28-2)22(18-10-6-16(14-25)7-11-18)20-4-3-5-21(20)23(24)19-12-8-17(15-26)9-13-19/h6-13,20-21H,3-5H2,1-2H3. The Bertz CT molecular complexity index is 844. The molecule has 0 saturated heterocycles. The average Bonchev–Trinajstić information content (AvgIpc) is 3.32. The Morgan fingerprint density at radius 1 is 0.750 bits per heavy atom. The van der Waals surface area contributed by atoms with E-state index in [9.17, 15) is 0 Å². The summed E-state index contributed by atoms with van der Waals surface area (Å²) in [5.41, 5.74) is 3.40. The Labute approximate surface area is 166 Å². The van der Waals surface area contributed by atoms with Crippen LogP contribution in [0.4, 0.5) is 0 Å². The van der Waals surface area contributed by atoms with Crippen LogP contribution in [0.15, 0.2) is 48.5 Å². The molecule has 2 fully saturated rings. The summed E-state index contributed by atoms with van der Waals surface area (Å²) >= 11 is 0. The lowest BCUT2D eigenvalue weighted by Crippen LogP contribution is -2.44. The fraction of sp³-hybridized carbons (Fsp3) is 0.333. The van der Waals surface area contributed by atoms with Crippen molar-refractivity contribution in [2.75, 3.05) is 14.2 Å². The van der Waals surface area contributed by atoms with Crippen LogP contribution in [-0.4, -0.2) is 20.0 Å². The molecule has 0 aliphatic heterocycles. The van der Waals surface area contributed by atoms with E-state index in [4.69, 9.17) is 20.0 Å². The first-order valence-electron chi connectivity index (χ1n) is 9.54. The predicted octanol–water partition coefficient (Wildman–Crippen LogP) is 4.39. The van der Waals surface area contributed by atoms with E-state index in [2.05, 4.69) is 12.1 Å². The van der Waals surface area contributed by atoms with E-state index in [1.165, 1.54) is 6.42 Å². The molecule has 2 saturated carbocycles. The Morgan fingerprint density at radius 2 is 1.14 bits per heavy atom. The molecule has 0 heterocycles. The van der Waals surface area contributed by atoms with Gasteiger partial charge in [0, 0.05) is 14.2 Å². The summed E-state index contributed by atoms with van der Waals surface area (Å²) in [6.07, 6.45) is 3.35. The van der Waals surface area contributed by atoms with Crippen molar-refractivity contribution in [1.82, 2.24) is 0 Å². The summed E-state index contributed by atoms with van der Waals surface area (Å²) in [5, 5.41) is 18.3. The van der Waals surface area contributed by atoms with Gasteiger partial charge in [0.1, 0.15) is 0 Å². The number of hydrogen-bond acceptors (Lipinski definition) is 4. The van der Waals surface area contributed by atoms with Crippen molar-refractivity contribution in [3.8, 4) is 12.1 Å². The largest absolute Gasteiger partial charge is 0.351 e. The van der Waals surface area contributed by atoms with Crippen LogP contribution in [0.5, 0.6) is 0 Å². The van der Waals surface area contributed by atoms with Crippen LogP contribution < -0.4 is 0 Å². The highest BCUT2D eigenvalue weighted by molar-refractivity contribution is 5.55. The second-order valence-electron chi connectivity index (χ2n) is 7.37. The number of benzene rings is 2. The highest BCUT2D eigenvalue weighted by Gasteiger charge is 2.64. The normalized spacial score (nSPS) is 23.9. The fourth-order valence-corrected chi connectivity index (χ4v) is 5.06. The van der Waals surface area contributed by atoms with E-state index in [1.807, 2.05) is 48.5 Å². The topological polar surface area (TPSA) is 66.0 Å². The smallest absolute Gasteiger partial charge is 0.189 e. The third-order valence-electron chi connectivity index (χ3n) is 6.19. The molecular weight excluding hydrogens is 348 g/mol. The average molecular weight is 370 g/mol. The summed E-state index contributed by atoms with van der Waals surface area (Å²) in [4.78, 5) is 0. The van der Waals surface area contributed by atoms with Crippen molar-refractivity contribution in [3.05, 3.63) is 82.6 Å². The number of methoxy groups -OCH3 is 2.